The van der Waals surface area contributed by atoms with Gasteiger partial charge in [0.1, 0.15) is 17.4 Å². The first-order chi connectivity index (χ1) is 13.6. The fraction of sp³-hybridized carbons (Fsp3) is 0.143. The molecule has 3 aromatic rings. The standard InChI is InChI=1S/C21H19ClFN3O2/c1-28-18-8-3-2-5-14(18)11-12-24-19-10-9-15(13-25-19)26-21(27)20-16(22)6-4-7-17(20)23/h2-10,13H,11-12H2,1H3,(H,24,25)(H,26,27). The van der Waals surface area contributed by atoms with Gasteiger partial charge in [-0.2, -0.15) is 0 Å². The summed E-state index contributed by atoms with van der Waals surface area (Å²) in [6.07, 6.45) is 2.27. The minimum Gasteiger partial charge on any atom is -0.496 e. The maximum atomic E-state index is 13.8. The molecule has 7 heteroatoms. The van der Waals surface area contributed by atoms with Gasteiger partial charge in [0.05, 0.1) is 29.6 Å². The van der Waals surface area contributed by atoms with Gasteiger partial charge >= 0.3 is 0 Å². The van der Waals surface area contributed by atoms with Crippen LogP contribution in [0.2, 0.25) is 5.02 Å². The number of benzene rings is 2. The van der Waals surface area contributed by atoms with Gasteiger partial charge in [-0.1, -0.05) is 35.9 Å². The molecule has 1 amide bonds. The predicted molar refractivity (Wildman–Crippen MR) is 109 cm³/mol. The number of hydrogen-bond acceptors (Lipinski definition) is 4. The van der Waals surface area contributed by atoms with Crippen molar-refractivity contribution in [3.05, 3.63) is 82.8 Å². The zero-order valence-corrected chi connectivity index (χ0v) is 16.0. The third-order valence-electron chi connectivity index (χ3n) is 4.10. The fourth-order valence-corrected chi connectivity index (χ4v) is 2.96. The summed E-state index contributed by atoms with van der Waals surface area (Å²) >= 11 is 5.91. The number of rotatable bonds is 7. The van der Waals surface area contributed by atoms with E-state index in [0.29, 0.717) is 18.1 Å². The number of para-hydroxylation sites is 1. The highest BCUT2D eigenvalue weighted by molar-refractivity contribution is 6.34. The largest absolute Gasteiger partial charge is 0.496 e. The van der Waals surface area contributed by atoms with Crippen LogP contribution in [0.1, 0.15) is 15.9 Å². The number of amides is 1. The lowest BCUT2D eigenvalue weighted by molar-refractivity contribution is 0.102. The number of carbonyl (C=O) groups is 1. The summed E-state index contributed by atoms with van der Waals surface area (Å²) in [7, 11) is 1.65. The molecule has 28 heavy (non-hydrogen) atoms. The molecule has 1 aromatic heterocycles. The Morgan fingerprint density at radius 1 is 1.14 bits per heavy atom. The highest BCUT2D eigenvalue weighted by Gasteiger charge is 2.15. The molecule has 0 bridgehead atoms. The van der Waals surface area contributed by atoms with Crippen molar-refractivity contribution in [2.45, 2.75) is 6.42 Å². The number of hydrogen-bond donors (Lipinski definition) is 2. The monoisotopic (exact) mass is 399 g/mol. The normalized spacial score (nSPS) is 10.4. The lowest BCUT2D eigenvalue weighted by Crippen LogP contribution is -2.15. The van der Waals surface area contributed by atoms with E-state index in [2.05, 4.69) is 15.6 Å². The summed E-state index contributed by atoms with van der Waals surface area (Å²) in [6.45, 7) is 0.671. The van der Waals surface area contributed by atoms with Crippen molar-refractivity contribution in [2.75, 3.05) is 24.3 Å². The van der Waals surface area contributed by atoms with Gasteiger partial charge in [0.15, 0.2) is 0 Å². The zero-order chi connectivity index (χ0) is 19.9. The molecule has 0 saturated carbocycles. The molecule has 0 fully saturated rings. The van der Waals surface area contributed by atoms with Crippen LogP contribution in [-0.4, -0.2) is 24.5 Å². The summed E-state index contributed by atoms with van der Waals surface area (Å²) < 4.78 is 19.2. The Morgan fingerprint density at radius 2 is 1.96 bits per heavy atom. The van der Waals surface area contributed by atoms with Crippen LogP contribution in [0.15, 0.2) is 60.8 Å². The van der Waals surface area contributed by atoms with Crippen LogP contribution in [-0.2, 0) is 6.42 Å². The van der Waals surface area contributed by atoms with E-state index < -0.39 is 11.7 Å². The molecule has 2 aromatic carbocycles. The quantitative estimate of drug-likeness (QED) is 0.599. The van der Waals surface area contributed by atoms with E-state index >= 15 is 0 Å². The molecule has 0 atom stereocenters. The maximum absolute atomic E-state index is 13.8. The van der Waals surface area contributed by atoms with E-state index in [9.17, 15) is 9.18 Å². The van der Waals surface area contributed by atoms with Crippen LogP contribution in [0.5, 0.6) is 5.75 Å². The number of pyridine rings is 1. The Labute approximate surface area is 167 Å². The predicted octanol–water partition coefficient (Wildman–Crippen LogP) is 4.79. The third kappa shape index (κ3) is 4.78. The van der Waals surface area contributed by atoms with E-state index in [4.69, 9.17) is 16.3 Å². The number of carbonyl (C=O) groups excluding carboxylic acids is 1. The van der Waals surface area contributed by atoms with Crippen LogP contribution >= 0.6 is 11.6 Å². The molecule has 3 rings (SSSR count). The van der Waals surface area contributed by atoms with E-state index in [1.165, 1.54) is 24.4 Å². The SMILES string of the molecule is COc1ccccc1CCNc1ccc(NC(=O)c2c(F)cccc2Cl)cn1. The van der Waals surface area contributed by atoms with Crippen LogP contribution in [0.25, 0.3) is 0 Å². The summed E-state index contributed by atoms with van der Waals surface area (Å²) in [5.41, 5.74) is 1.35. The van der Waals surface area contributed by atoms with Crippen LogP contribution < -0.4 is 15.4 Å². The average molecular weight is 400 g/mol. The van der Waals surface area contributed by atoms with E-state index in [-0.39, 0.29) is 10.6 Å². The molecular formula is C21H19ClFN3O2. The lowest BCUT2D eigenvalue weighted by Gasteiger charge is -2.10. The number of ether oxygens (including phenoxy) is 1. The Kier molecular flexibility index (Phi) is 6.45. The molecule has 0 aliphatic carbocycles. The second-order valence-electron chi connectivity index (χ2n) is 5.97. The van der Waals surface area contributed by atoms with Gasteiger partial charge in [-0.3, -0.25) is 4.79 Å². The number of aromatic nitrogens is 1. The van der Waals surface area contributed by atoms with Crippen molar-refractivity contribution < 1.29 is 13.9 Å². The van der Waals surface area contributed by atoms with Crippen molar-refractivity contribution in [3.8, 4) is 5.75 Å². The van der Waals surface area contributed by atoms with Crippen molar-refractivity contribution in [3.63, 3.8) is 0 Å². The highest BCUT2D eigenvalue weighted by atomic mass is 35.5. The summed E-state index contributed by atoms with van der Waals surface area (Å²) in [4.78, 5) is 16.5. The molecule has 144 valence electrons. The Hall–Kier alpha value is -3.12. The minimum atomic E-state index is -0.674. The summed E-state index contributed by atoms with van der Waals surface area (Å²) in [5, 5.41) is 5.86. The Morgan fingerprint density at radius 3 is 2.68 bits per heavy atom. The van der Waals surface area contributed by atoms with Crippen molar-refractivity contribution in [2.24, 2.45) is 0 Å². The molecular weight excluding hydrogens is 381 g/mol. The van der Waals surface area contributed by atoms with Crippen LogP contribution in [0, 0.1) is 5.82 Å². The second-order valence-corrected chi connectivity index (χ2v) is 6.38. The topological polar surface area (TPSA) is 63.2 Å². The fourth-order valence-electron chi connectivity index (χ4n) is 2.72. The van der Waals surface area contributed by atoms with Crippen LogP contribution in [0.3, 0.4) is 0 Å². The first-order valence-electron chi connectivity index (χ1n) is 8.65. The van der Waals surface area contributed by atoms with Gasteiger partial charge in [-0.25, -0.2) is 9.37 Å². The number of nitrogens with one attached hydrogen (secondary N) is 2. The molecule has 0 radical (unpaired) electrons. The zero-order valence-electron chi connectivity index (χ0n) is 15.2. The molecule has 0 aliphatic rings. The first-order valence-corrected chi connectivity index (χ1v) is 9.03. The molecule has 2 N–H and O–H groups in total. The maximum Gasteiger partial charge on any atom is 0.260 e. The molecule has 1 heterocycles. The summed E-state index contributed by atoms with van der Waals surface area (Å²) in [6, 6.07) is 15.4. The van der Waals surface area contributed by atoms with Gasteiger partial charge in [0, 0.05) is 6.54 Å². The van der Waals surface area contributed by atoms with Gasteiger partial charge in [-0.05, 0) is 42.3 Å². The first kappa shape index (κ1) is 19.6. The Balaban J connectivity index is 1.57. The van der Waals surface area contributed by atoms with Crippen molar-refractivity contribution in [1.82, 2.24) is 4.98 Å². The average Bonchev–Trinajstić information content (AvgIpc) is 2.69. The number of nitrogens with zero attached hydrogens (tertiary/aromatic N) is 1. The smallest absolute Gasteiger partial charge is 0.260 e. The van der Waals surface area contributed by atoms with Crippen molar-refractivity contribution in [1.29, 1.82) is 0 Å². The highest BCUT2D eigenvalue weighted by Crippen LogP contribution is 2.21. The van der Waals surface area contributed by atoms with Crippen molar-refractivity contribution >= 4 is 29.0 Å². The Bertz CT molecular complexity index is 944. The number of halogens is 2. The molecule has 0 saturated heterocycles. The lowest BCUT2D eigenvalue weighted by atomic mass is 10.1. The molecule has 5 nitrogen and oxygen atoms in total. The molecule has 0 aliphatic heterocycles. The third-order valence-corrected chi connectivity index (χ3v) is 4.42. The second kappa shape index (κ2) is 9.19. The summed E-state index contributed by atoms with van der Waals surface area (Å²) in [5.74, 6) is 0.216. The van der Waals surface area contributed by atoms with Crippen LogP contribution in [0.4, 0.5) is 15.9 Å². The number of anilines is 2. The van der Waals surface area contributed by atoms with E-state index in [1.54, 1.807) is 19.2 Å². The number of methoxy groups -OCH3 is 1. The van der Waals surface area contributed by atoms with Gasteiger partial charge in [0.25, 0.3) is 5.91 Å². The molecule has 0 unspecified atom stereocenters. The van der Waals surface area contributed by atoms with Gasteiger partial charge in [-0.15, -0.1) is 0 Å². The van der Waals surface area contributed by atoms with Gasteiger partial charge in [0.2, 0.25) is 0 Å². The minimum absolute atomic E-state index is 0.0556. The molecule has 0 spiro atoms. The van der Waals surface area contributed by atoms with Gasteiger partial charge < -0.3 is 15.4 Å². The van der Waals surface area contributed by atoms with E-state index in [1.807, 2.05) is 24.3 Å². The van der Waals surface area contributed by atoms with E-state index in [0.717, 1.165) is 17.7 Å².